The van der Waals surface area contributed by atoms with Gasteiger partial charge in [0, 0.05) is 24.2 Å². The van der Waals surface area contributed by atoms with Crippen molar-refractivity contribution in [3.8, 4) is 28.5 Å². The Morgan fingerprint density at radius 1 is 0.893 bits per heavy atom. The minimum atomic E-state index is 0.615. The molecule has 0 saturated carbocycles. The summed E-state index contributed by atoms with van der Waals surface area (Å²) in [5.41, 5.74) is 6.66. The van der Waals surface area contributed by atoms with E-state index in [1.54, 1.807) is 0 Å². The number of benzene rings is 2. The van der Waals surface area contributed by atoms with Gasteiger partial charge in [0.25, 0.3) is 0 Å². The third kappa shape index (κ3) is 3.62. The monoisotopic (exact) mass is 369 g/mol. The standard InChI is InChI=1S/C24H23N3O/c1-17-3-7-19(8-4-17)21-15-23(27-11-13-28-14-12-27)26-24(22(21)16-25)20-9-5-18(2)6-10-20/h3-10,15H,11-14H2,1-2H3. The molecule has 1 saturated heterocycles. The average Bonchev–Trinajstić information content (AvgIpc) is 2.74. The molecule has 0 radical (unpaired) electrons. The quantitative estimate of drug-likeness (QED) is 0.669. The normalized spacial score (nSPS) is 14.0. The van der Waals surface area contributed by atoms with Crippen LogP contribution in [0.25, 0.3) is 22.4 Å². The number of morpholine rings is 1. The van der Waals surface area contributed by atoms with Crippen molar-refractivity contribution in [2.24, 2.45) is 0 Å². The van der Waals surface area contributed by atoms with Gasteiger partial charge in [-0.15, -0.1) is 0 Å². The molecule has 2 aromatic carbocycles. The van der Waals surface area contributed by atoms with Gasteiger partial charge >= 0.3 is 0 Å². The molecule has 1 aliphatic rings. The van der Waals surface area contributed by atoms with Crippen molar-refractivity contribution in [3.05, 3.63) is 71.3 Å². The summed E-state index contributed by atoms with van der Waals surface area (Å²) >= 11 is 0. The fourth-order valence-corrected chi connectivity index (χ4v) is 3.48. The molecular weight excluding hydrogens is 346 g/mol. The summed E-state index contributed by atoms with van der Waals surface area (Å²) in [5.74, 6) is 0.897. The largest absolute Gasteiger partial charge is 0.378 e. The molecule has 3 aromatic rings. The number of rotatable bonds is 3. The second-order valence-electron chi connectivity index (χ2n) is 7.19. The highest BCUT2D eigenvalue weighted by molar-refractivity contribution is 5.82. The van der Waals surface area contributed by atoms with Crippen LogP contribution in [0.15, 0.2) is 54.6 Å². The van der Waals surface area contributed by atoms with E-state index in [9.17, 15) is 5.26 Å². The van der Waals surface area contributed by atoms with Crippen LogP contribution in [0.3, 0.4) is 0 Å². The zero-order valence-electron chi connectivity index (χ0n) is 16.3. The molecule has 140 valence electrons. The number of aryl methyl sites for hydroxylation is 2. The van der Waals surface area contributed by atoms with Crippen LogP contribution >= 0.6 is 0 Å². The fraction of sp³-hybridized carbons (Fsp3) is 0.250. The van der Waals surface area contributed by atoms with Gasteiger partial charge in [0.15, 0.2) is 0 Å². The lowest BCUT2D eigenvalue weighted by Crippen LogP contribution is -2.36. The Balaban J connectivity index is 1.92. The number of hydrogen-bond donors (Lipinski definition) is 0. The maximum absolute atomic E-state index is 10.0. The zero-order chi connectivity index (χ0) is 19.5. The highest BCUT2D eigenvalue weighted by Gasteiger charge is 2.20. The molecule has 0 unspecified atom stereocenters. The number of pyridine rings is 1. The molecule has 0 bridgehead atoms. The summed E-state index contributed by atoms with van der Waals surface area (Å²) in [6.07, 6.45) is 0. The first-order valence-electron chi connectivity index (χ1n) is 9.57. The van der Waals surface area contributed by atoms with Crippen LogP contribution in [-0.4, -0.2) is 31.3 Å². The molecule has 0 spiro atoms. The lowest BCUT2D eigenvalue weighted by atomic mass is 9.95. The molecule has 4 nitrogen and oxygen atoms in total. The highest BCUT2D eigenvalue weighted by Crippen LogP contribution is 2.34. The smallest absolute Gasteiger partial charge is 0.130 e. The Labute approximate surface area is 166 Å². The molecule has 28 heavy (non-hydrogen) atoms. The molecule has 2 heterocycles. The Hall–Kier alpha value is -3.16. The van der Waals surface area contributed by atoms with Gasteiger partial charge in [-0.05, 0) is 25.5 Å². The first-order valence-corrected chi connectivity index (χ1v) is 9.57. The topological polar surface area (TPSA) is 49.1 Å². The van der Waals surface area contributed by atoms with Crippen LogP contribution in [-0.2, 0) is 4.74 Å². The first-order chi connectivity index (χ1) is 13.7. The molecule has 1 aromatic heterocycles. The molecule has 0 atom stereocenters. The molecular formula is C24H23N3O. The van der Waals surface area contributed by atoms with Crippen LogP contribution in [0, 0.1) is 25.2 Å². The molecule has 0 aliphatic carbocycles. The number of ether oxygens (including phenoxy) is 1. The van der Waals surface area contributed by atoms with Gasteiger partial charge in [0.2, 0.25) is 0 Å². The predicted molar refractivity (Wildman–Crippen MR) is 112 cm³/mol. The summed E-state index contributed by atoms with van der Waals surface area (Å²) < 4.78 is 5.50. The van der Waals surface area contributed by atoms with E-state index in [0.29, 0.717) is 18.8 Å². The summed E-state index contributed by atoms with van der Waals surface area (Å²) in [6.45, 7) is 7.13. The molecule has 0 N–H and O–H groups in total. The van der Waals surface area contributed by atoms with Crippen molar-refractivity contribution in [2.75, 3.05) is 31.2 Å². The van der Waals surface area contributed by atoms with Crippen LogP contribution in [0.2, 0.25) is 0 Å². The van der Waals surface area contributed by atoms with E-state index in [2.05, 4.69) is 61.2 Å². The van der Waals surface area contributed by atoms with Gasteiger partial charge in [-0.2, -0.15) is 5.26 Å². The molecule has 1 aliphatic heterocycles. The lowest BCUT2D eigenvalue weighted by molar-refractivity contribution is 0.122. The van der Waals surface area contributed by atoms with Crippen molar-refractivity contribution < 1.29 is 4.74 Å². The minimum Gasteiger partial charge on any atom is -0.378 e. The fourth-order valence-electron chi connectivity index (χ4n) is 3.48. The minimum absolute atomic E-state index is 0.615. The van der Waals surface area contributed by atoms with Crippen LogP contribution < -0.4 is 4.90 Å². The predicted octanol–water partition coefficient (Wildman–Crippen LogP) is 4.74. The SMILES string of the molecule is Cc1ccc(-c2cc(N3CCOCC3)nc(-c3ccc(C)cc3)c2C#N)cc1. The summed E-state index contributed by atoms with van der Waals surface area (Å²) in [7, 11) is 0. The van der Waals surface area contributed by atoms with Crippen molar-refractivity contribution in [1.82, 2.24) is 4.98 Å². The Morgan fingerprint density at radius 2 is 1.46 bits per heavy atom. The lowest BCUT2D eigenvalue weighted by Gasteiger charge is -2.29. The number of nitriles is 1. The highest BCUT2D eigenvalue weighted by atomic mass is 16.5. The molecule has 1 fully saturated rings. The second-order valence-corrected chi connectivity index (χ2v) is 7.19. The molecule has 4 rings (SSSR count). The van der Waals surface area contributed by atoms with Gasteiger partial charge < -0.3 is 9.64 Å². The summed E-state index contributed by atoms with van der Waals surface area (Å²) in [5, 5.41) is 10.0. The Morgan fingerprint density at radius 3 is 2.04 bits per heavy atom. The van der Waals surface area contributed by atoms with E-state index in [0.717, 1.165) is 41.3 Å². The van der Waals surface area contributed by atoms with E-state index >= 15 is 0 Å². The van der Waals surface area contributed by atoms with Gasteiger partial charge in [0.1, 0.15) is 11.9 Å². The van der Waals surface area contributed by atoms with Crippen molar-refractivity contribution >= 4 is 5.82 Å². The van der Waals surface area contributed by atoms with Gasteiger partial charge in [-0.1, -0.05) is 59.7 Å². The molecule has 0 amide bonds. The Bertz CT molecular complexity index is 945. The maximum atomic E-state index is 10.0. The number of nitrogens with zero attached hydrogens (tertiary/aromatic N) is 3. The molecule has 4 heteroatoms. The third-order valence-electron chi connectivity index (χ3n) is 5.14. The third-order valence-corrected chi connectivity index (χ3v) is 5.14. The van der Waals surface area contributed by atoms with Crippen molar-refractivity contribution in [1.29, 1.82) is 5.26 Å². The van der Waals surface area contributed by atoms with Gasteiger partial charge in [-0.3, -0.25) is 0 Å². The number of hydrogen-bond acceptors (Lipinski definition) is 4. The van der Waals surface area contributed by atoms with E-state index in [1.807, 2.05) is 18.2 Å². The summed E-state index contributed by atoms with van der Waals surface area (Å²) in [4.78, 5) is 7.15. The van der Waals surface area contributed by atoms with Crippen LogP contribution in [0.5, 0.6) is 0 Å². The Kier molecular flexibility index (Phi) is 5.10. The van der Waals surface area contributed by atoms with Crippen LogP contribution in [0.1, 0.15) is 16.7 Å². The van der Waals surface area contributed by atoms with E-state index in [4.69, 9.17) is 9.72 Å². The second kappa shape index (κ2) is 7.84. The van der Waals surface area contributed by atoms with Crippen molar-refractivity contribution in [3.63, 3.8) is 0 Å². The maximum Gasteiger partial charge on any atom is 0.130 e. The van der Waals surface area contributed by atoms with Crippen LogP contribution in [0.4, 0.5) is 5.82 Å². The van der Waals surface area contributed by atoms with E-state index in [-0.39, 0.29) is 0 Å². The number of anilines is 1. The van der Waals surface area contributed by atoms with E-state index < -0.39 is 0 Å². The van der Waals surface area contributed by atoms with Gasteiger partial charge in [-0.25, -0.2) is 4.98 Å². The van der Waals surface area contributed by atoms with Gasteiger partial charge in [0.05, 0.1) is 24.5 Å². The summed E-state index contributed by atoms with van der Waals surface area (Å²) in [6, 6.07) is 21.0. The first kappa shape index (κ1) is 18.2. The zero-order valence-corrected chi connectivity index (χ0v) is 16.3. The van der Waals surface area contributed by atoms with E-state index in [1.165, 1.54) is 11.1 Å². The van der Waals surface area contributed by atoms with Crippen molar-refractivity contribution in [2.45, 2.75) is 13.8 Å². The average molecular weight is 369 g/mol. The number of aromatic nitrogens is 1.